The number of carbonyl (C=O) groups excluding carboxylic acids is 2. The summed E-state index contributed by atoms with van der Waals surface area (Å²) in [7, 11) is 0. The van der Waals surface area contributed by atoms with Gasteiger partial charge in [0.2, 0.25) is 5.91 Å². The molecule has 0 aliphatic carbocycles. The number of aromatic nitrogens is 1. The molecule has 1 aromatic heterocycles. The van der Waals surface area contributed by atoms with Crippen molar-refractivity contribution in [2.45, 2.75) is 19.8 Å². The fraction of sp³-hybridized carbons (Fsp3) is 0.222. The molecule has 0 radical (unpaired) electrons. The predicted molar refractivity (Wildman–Crippen MR) is 133 cm³/mol. The molecule has 1 N–H and O–H groups in total. The Kier molecular flexibility index (Phi) is 5.92. The first-order valence-electron chi connectivity index (χ1n) is 11.2. The number of benzene rings is 3. The number of nitrogens with one attached hydrogen (secondary N) is 1. The van der Waals surface area contributed by atoms with E-state index < -0.39 is 0 Å². The van der Waals surface area contributed by atoms with Crippen LogP contribution in [0.2, 0.25) is 0 Å². The monoisotopic (exact) mass is 455 g/mol. The minimum absolute atomic E-state index is 0.0181. The summed E-state index contributed by atoms with van der Waals surface area (Å²) in [5, 5.41) is 8.14. The van der Waals surface area contributed by atoms with Gasteiger partial charge in [0, 0.05) is 41.2 Å². The highest BCUT2D eigenvalue weighted by atomic mass is 32.1. The van der Waals surface area contributed by atoms with E-state index in [4.69, 9.17) is 0 Å². The lowest BCUT2D eigenvalue weighted by atomic mass is 9.94. The second-order valence-corrected chi connectivity index (χ2v) is 9.47. The van der Waals surface area contributed by atoms with Gasteiger partial charge >= 0.3 is 0 Å². The third-order valence-electron chi connectivity index (χ3n) is 6.24. The number of anilines is 1. The first kappa shape index (κ1) is 21.3. The third kappa shape index (κ3) is 4.52. The Morgan fingerprint density at radius 1 is 0.970 bits per heavy atom. The summed E-state index contributed by atoms with van der Waals surface area (Å²) in [6.07, 6.45) is 1.33. The largest absolute Gasteiger partial charge is 0.339 e. The van der Waals surface area contributed by atoms with Crippen LogP contribution in [0.5, 0.6) is 0 Å². The number of carbonyl (C=O) groups is 2. The fourth-order valence-electron chi connectivity index (χ4n) is 4.39. The third-order valence-corrected chi connectivity index (χ3v) is 7.01. The van der Waals surface area contributed by atoms with Crippen LogP contribution in [0.25, 0.3) is 22.0 Å². The van der Waals surface area contributed by atoms with E-state index >= 15 is 0 Å². The fourth-order valence-corrected chi connectivity index (χ4v) is 5.01. The summed E-state index contributed by atoms with van der Waals surface area (Å²) in [4.78, 5) is 32.3. The Labute approximate surface area is 197 Å². The molecule has 0 unspecified atom stereocenters. The average molecular weight is 456 g/mol. The van der Waals surface area contributed by atoms with Gasteiger partial charge in [-0.05, 0) is 48.7 Å². The molecule has 0 bridgehead atoms. The first-order valence-corrected chi connectivity index (χ1v) is 12.1. The van der Waals surface area contributed by atoms with Gasteiger partial charge in [0.05, 0.1) is 10.7 Å². The van der Waals surface area contributed by atoms with Crippen LogP contribution in [0.1, 0.15) is 28.2 Å². The number of rotatable bonds is 4. The Hall–Kier alpha value is -3.51. The Morgan fingerprint density at radius 3 is 2.42 bits per heavy atom. The summed E-state index contributed by atoms with van der Waals surface area (Å²) < 4.78 is 0. The van der Waals surface area contributed by atoms with Crippen molar-refractivity contribution >= 4 is 39.6 Å². The van der Waals surface area contributed by atoms with Gasteiger partial charge < -0.3 is 10.2 Å². The molecule has 4 aromatic rings. The highest BCUT2D eigenvalue weighted by molar-refractivity contribution is 7.09. The van der Waals surface area contributed by atoms with Crippen molar-refractivity contribution in [2.24, 2.45) is 5.92 Å². The van der Waals surface area contributed by atoms with E-state index in [1.165, 1.54) is 0 Å². The molecule has 5 nitrogen and oxygen atoms in total. The number of fused-ring (bicyclic) bond motifs is 1. The van der Waals surface area contributed by atoms with Crippen LogP contribution >= 0.6 is 11.3 Å². The van der Waals surface area contributed by atoms with Crippen LogP contribution in [-0.4, -0.2) is 34.8 Å². The molecule has 1 aliphatic rings. The maximum Gasteiger partial charge on any atom is 0.254 e. The molecule has 1 saturated heterocycles. The van der Waals surface area contributed by atoms with Crippen molar-refractivity contribution in [3.05, 3.63) is 82.7 Å². The van der Waals surface area contributed by atoms with Crippen molar-refractivity contribution in [1.82, 2.24) is 9.88 Å². The standard InChI is InChI=1S/C27H25N3O2S/c1-18-28-25(17-33-18)20-9-11-22(12-10-20)29-26(31)21-13-15-30(16-14-21)27(32)24-8-4-6-19-5-2-3-7-23(19)24/h2-12,17,21H,13-16H2,1H3,(H,29,31). The number of amides is 2. The Balaban J connectivity index is 1.19. The van der Waals surface area contributed by atoms with E-state index in [0.29, 0.717) is 25.9 Å². The van der Waals surface area contributed by atoms with Crippen molar-refractivity contribution in [3.8, 4) is 11.3 Å². The van der Waals surface area contributed by atoms with Crippen molar-refractivity contribution in [1.29, 1.82) is 0 Å². The van der Waals surface area contributed by atoms with E-state index in [9.17, 15) is 9.59 Å². The highest BCUT2D eigenvalue weighted by Gasteiger charge is 2.28. The quantitative estimate of drug-likeness (QED) is 0.425. The van der Waals surface area contributed by atoms with Gasteiger partial charge in [-0.3, -0.25) is 9.59 Å². The number of nitrogens with zero attached hydrogens (tertiary/aromatic N) is 2. The van der Waals surface area contributed by atoms with E-state index in [1.807, 2.05) is 83.9 Å². The van der Waals surface area contributed by atoms with Gasteiger partial charge in [-0.1, -0.05) is 48.5 Å². The van der Waals surface area contributed by atoms with Gasteiger partial charge in [-0.15, -0.1) is 11.3 Å². The highest BCUT2D eigenvalue weighted by Crippen LogP contribution is 2.26. The zero-order valence-electron chi connectivity index (χ0n) is 18.5. The number of hydrogen-bond donors (Lipinski definition) is 1. The Bertz CT molecular complexity index is 1300. The number of piperidine rings is 1. The zero-order chi connectivity index (χ0) is 22.8. The van der Waals surface area contributed by atoms with Crippen LogP contribution in [-0.2, 0) is 4.79 Å². The molecule has 5 rings (SSSR count). The number of hydrogen-bond acceptors (Lipinski definition) is 4. The lowest BCUT2D eigenvalue weighted by Crippen LogP contribution is -2.41. The predicted octanol–water partition coefficient (Wildman–Crippen LogP) is 5.76. The van der Waals surface area contributed by atoms with Crippen molar-refractivity contribution < 1.29 is 9.59 Å². The molecule has 166 valence electrons. The zero-order valence-corrected chi connectivity index (χ0v) is 19.3. The Morgan fingerprint density at radius 2 is 1.70 bits per heavy atom. The van der Waals surface area contributed by atoms with Crippen LogP contribution in [0.3, 0.4) is 0 Å². The van der Waals surface area contributed by atoms with Crippen LogP contribution < -0.4 is 5.32 Å². The first-order chi connectivity index (χ1) is 16.1. The van der Waals surface area contributed by atoms with E-state index in [2.05, 4.69) is 10.3 Å². The van der Waals surface area contributed by atoms with Gasteiger partial charge in [0.15, 0.2) is 0 Å². The maximum atomic E-state index is 13.2. The molecule has 1 aliphatic heterocycles. The SMILES string of the molecule is Cc1nc(-c2ccc(NC(=O)C3CCN(C(=O)c4cccc5ccccc45)CC3)cc2)cs1. The lowest BCUT2D eigenvalue weighted by molar-refractivity contribution is -0.121. The number of aryl methyl sites for hydroxylation is 1. The van der Waals surface area contributed by atoms with E-state index in [1.54, 1.807) is 11.3 Å². The molecule has 6 heteroatoms. The summed E-state index contributed by atoms with van der Waals surface area (Å²) >= 11 is 1.63. The number of thiazole rings is 1. The molecule has 0 spiro atoms. The maximum absolute atomic E-state index is 13.2. The summed E-state index contributed by atoms with van der Waals surface area (Å²) in [5.74, 6) is -0.0366. The van der Waals surface area contributed by atoms with Gasteiger partial charge in [0.25, 0.3) is 5.91 Å². The average Bonchev–Trinajstić information content (AvgIpc) is 3.30. The smallest absolute Gasteiger partial charge is 0.254 e. The van der Waals surface area contributed by atoms with Crippen molar-refractivity contribution in [2.75, 3.05) is 18.4 Å². The summed E-state index contributed by atoms with van der Waals surface area (Å²) in [5.41, 5.74) is 3.51. The van der Waals surface area contributed by atoms with Gasteiger partial charge in [-0.2, -0.15) is 0 Å². The summed E-state index contributed by atoms with van der Waals surface area (Å²) in [6.45, 7) is 3.16. The molecule has 2 amide bonds. The minimum atomic E-state index is -0.0950. The lowest BCUT2D eigenvalue weighted by Gasteiger charge is -2.31. The topological polar surface area (TPSA) is 62.3 Å². The second kappa shape index (κ2) is 9.16. The minimum Gasteiger partial charge on any atom is -0.339 e. The molecule has 0 saturated carbocycles. The van der Waals surface area contributed by atoms with Crippen molar-refractivity contribution in [3.63, 3.8) is 0 Å². The van der Waals surface area contributed by atoms with Crippen LogP contribution in [0, 0.1) is 12.8 Å². The molecular formula is C27H25N3O2S. The van der Waals surface area contributed by atoms with E-state index in [0.717, 1.165) is 38.3 Å². The molecule has 1 fully saturated rings. The molecule has 2 heterocycles. The normalized spacial score (nSPS) is 14.4. The summed E-state index contributed by atoms with van der Waals surface area (Å²) in [6, 6.07) is 21.6. The molecule has 0 atom stereocenters. The second-order valence-electron chi connectivity index (χ2n) is 8.41. The van der Waals surface area contributed by atoms with Crippen LogP contribution in [0.4, 0.5) is 5.69 Å². The molecular weight excluding hydrogens is 430 g/mol. The molecule has 33 heavy (non-hydrogen) atoms. The van der Waals surface area contributed by atoms with Gasteiger partial charge in [0.1, 0.15) is 0 Å². The number of likely N-dealkylation sites (tertiary alicyclic amines) is 1. The van der Waals surface area contributed by atoms with Gasteiger partial charge in [-0.25, -0.2) is 4.98 Å². The molecule has 3 aromatic carbocycles. The van der Waals surface area contributed by atoms with Crippen LogP contribution in [0.15, 0.2) is 72.1 Å². The van der Waals surface area contributed by atoms with E-state index in [-0.39, 0.29) is 17.7 Å².